The van der Waals surface area contributed by atoms with Gasteiger partial charge in [-0.15, -0.1) is 0 Å². The first-order valence-electron chi connectivity index (χ1n) is 6.64. The summed E-state index contributed by atoms with van der Waals surface area (Å²) in [5.41, 5.74) is 2.04. The summed E-state index contributed by atoms with van der Waals surface area (Å²) >= 11 is 0. The van der Waals surface area contributed by atoms with E-state index in [-0.39, 0.29) is 0 Å². The van der Waals surface area contributed by atoms with E-state index in [9.17, 15) is 0 Å². The molecule has 0 bridgehead atoms. The average Bonchev–Trinajstić information content (AvgIpc) is 2.42. The lowest BCUT2D eigenvalue weighted by molar-refractivity contribution is 0.0884. The van der Waals surface area contributed by atoms with Crippen molar-refractivity contribution >= 4 is 0 Å². The van der Waals surface area contributed by atoms with Gasteiger partial charge in [0.05, 0.1) is 11.6 Å². The molecule has 1 aromatic carbocycles. The Bertz CT molecular complexity index is 418. The first-order chi connectivity index (χ1) is 8.72. The highest BCUT2D eigenvalue weighted by molar-refractivity contribution is 5.31. The molecule has 0 spiro atoms. The Labute approximate surface area is 110 Å². The molecule has 1 aliphatic heterocycles. The summed E-state index contributed by atoms with van der Waals surface area (Å²) in [5.74, 6) is 0. The summed E-state index contributed by atoms with van der Waals surface area (Å²) in [6.07, 6.45) is 1.21. The first-order valence-corrected chi connectivity index (χ1v) is 6.64. The monoisotopic (exact) mass is 243 g/mol. The molecule has 1 fully saturated rings. The predicted molar refractivity (Wildman–Crippen MR) is 73.1 cm³/mol. The lowest BCUT2D eigenvalue weighted by Gasteiger charge is -2.39. The zero-order valence-electron chi connectivity index (χ0n) is 11.3. The topological polar surface area (TPSA) is 30.3 Å². The number of likely N-dealkylation sites (N-methyl/N-ethyl adjacent to an activating group) is 1. The number of benzene rings is 1. The van der Waals surface area contributed by atoms with Crippen LogP contribution in [0.25, 0.3) is 0 Å². The van der Waals surface area contributed by atoms with Gasteiger partial charge in [0, 0.05) is 32.2 Å². The Hall–Kier alpha value is -1.37. The highest BCUT2D eigenvalue weighted by Gasteiger charge is 2.22. The second-order valence-electron chi connectivity index (χ2n) is 5.09. The smallest absolute Gasteiger partial charge is 0.0991 e. The third-order valence-corrected chi connectivity index (χ3v) is 3.82. The SMILES string of the molecule is CCC1CN(Cc2ccc(C#N)cc2)CCN1C. The summed E-state index contributed by atoms with van der Waals surface area (Å²) in [6, 6.07) is 10.8. The molecule has 1 saturated heterocycles. The molecule has 0 radical (unpaired) electrons. The van der Waals surface area contributed by atoms with E-state index in [4.69, 9.17) is 5.26 Å². The molecular weight excluding hydrogens is 222 g/mol. The van der Waals surface area contributed by atoms with Crippen molar-refractivity contribution in [1.82, 2.24) is 9.80 Å². The molecule has 2 rings (SSSR count). The maximum Gasteiger partial charge on any atom is 0.0991 e. The average molecular weight is 243 g/mol. The van der Waals surface area contributed by atoms with Gasteiger partial charge in [-0.25, -0.2) is 0 Å². The van der Waals surface area contributed by atoms with Crippen molar-refractivity contribution in [2.75, 3.05) is 26.7 Å². The highest BCUT2D eigenvalue weighted by Crippen LogP contribution is 2.14. The fourth-order valence-corrected chi connectivity index (χ4v) is 2.54. The van der Waals surface area contributed by atoms with E-state index in [2.05, 4.69) is 42.0 Å². The Balaban J connectivity index is 1.95. The number of rotatable bonds is 3. The molecule has 0 amide bonds. The largest absolute Gasteiger partial charge is 0.301 e. The van der Waals surface area contributed by atoms with Gasteiger partial charge in [0.1, 0.15) is 0 Å². The van der Waals surface area contributed by atoms with Gasteiger partial charge in [-0.05, 0) is 31.2 Å². The van der Waals surface area contributed by atoms with Crippen molar-refractivity contribution in [3.05, 3.63) is 35.4 Å². The van der Waals surface area contributed by atoms with Crippen LogP contribution >= 0.6 is 0 Å². The van der Waals surface area contributed by atoms with Crippen LogP contribution in [0.5, 0.6) is 0 Å². The van der Waals surface area contributed by atoms with Crippen molar-refractivity contribution in [3.8, 4) is 6.07 Å². The van der Waals surface area contributed by atoms with Gasteiger partial charge in [-0.3, -0.25) is 4.90 Å². The second kappa shape index (κ2) is 5.99. The van der Waals surface area contributed by atoms with Gasteiger partial charge < -0.3 is 4.90 Å². The number of piperazine rings is 1. The van der Waals surface area contributed by atoms with E-state index in [1.807, 2.05) is 12.1 Å². The fraction of sp³-hybridized carbons (Fsp3) is 0.533. The van der Waals surface area contributed by atoms with E-state index < -0.39 is 0 Å². The minimum atomic E-state index is 0.678. The summed E-state index contributed by atoms with van der Waals surface area (Å²) in [7, 11) is 2.22. The van der Waals surface area contributed by atoms with Crippen LogP contribution in [0.3, 0.4) is 0 Å². The van der Waals surface area contributed by atoms with Crippen molar-refractivity contribution in [2.45, 2.75) is 25.9 Å². The maximum atomic E-state index is 8.78. The number of hydrogen-bond acceptors (Lipinski definition) is 3. The van der Waals surface area contributed by atoms with Crippen molar-refractivity contribution in [2.24, 2.45) is 0 Å². The Morgan fingerprint density at radius 2 is 2.00 bits per heavy atom. The molecular formula is C15H21N3. The van der Waals surface area contributed by atoms with Crippen molar-refractivity contribution in [1.29, 1.82) is 5.26 Å². The highest BCUT2D eigenvalue weighted by atomic mass is 15.3. The third-order valence-electron chi connectivity index (χ3n) is 3.82. The normalized spacial score (nSPS) is 21.7. The van der Waals surface area contributed by atoms with Gasteiger partial charge in [-0.1, -0.05) is 19.1 Å². The molecule has 96 valence electrons. The molecule has 0 saturated carbocycles. The van der Waals surface area contributed by atoms with Gasteiger partial charge in [-0.2, -0.15) is 5.26 Å². The van der Waals surface area contributed by atoms with Crippen LogP contribution in [0.2, 0.25) is 0 Å². The molecule has 1 unspecified atom stereocenters. The van der Waals surface area contributed by atoms with Crippen LogP contribution in [0, 0.1) is 11.3 Å². The van der Waals surface area contributed by atoms with E-state index in [1.165, 1.54) is 12.0 Å². The Morgan fingerprint density at radius 1 is 1.28 bits per heavy atom. The molecule has 0 N–H and O–H groups in total. The van der Waals surface area contributed by atoms with E-state index in [0.717, 1.165) is 31.7 Å². The van der Waals surface area contributed by atoms with Crippen LogP contribution in [0.4, 0.5) is 0 Å². The third kappa shape index (κ3) is 3.10. The number of nitriles is 1. The molecule has 0 aromatic heterocycles. The van der Waals surface area contributed by atoms with E-state index in [0.29, 0.717) is 6.04 Å². The second-order valence-corrected chi connectivity index (χ2v) is 5.09. The molecule has 3 nitrogen and oxygen atoms in total. The van der Waals surface area contributed by atoms with Crippen LogP contribution in [-0.2, 0) is 6.54 Å². The summed E-state index contributed by atoms with van der Waals surface area (Å²) < 4.78 is 0. The van der Waals surface area contributed by atoms with Crippen molar-refractivity contribution in [3.63, 3.8) is 0 Å². The van der Waals surface area contributed by atoms with Gasteiger partial charge in [0.15, 0.2) is 0 Å². The molecule has 18 heavy (non-hydrogen) atoms. The fourth-order valence-electron chi connectivity index (χ4n) is 2.54. The van der Waals surface area contributed by atoms with Crippen LogP contribution in [-0.4, -0.2) is 42.5 Å². The molecule has 1 atom stereocenters. The standard InChI is InChI=1S/C15H21N3/c1-3-15-12-18(9-8-17(15)2)11-14-6-4-13(10-16)5-7-14/h4-7,15H,3,8-9,11-12H2,1-2H3. The van der Waals surface area contributed by atoms with Gasteiger partial charge in [0.2, 0.25) is 0 Å². The summed E-state index contributed by atoms with van der Waals surface area (Å²) in [4.78, 5) is 4.96. The Morgan fingerprint density at radius 3 is 2.61 bits per heavy atom. The lowest BCUT2D eigenvalue weighted by atomic mass is 10.1. The molecule has 3 heteroatoms. The van der Waals surface area contributed by atoms with E-state index >= 15 is 0 Å². The predicted octanol–water partition coefficient (Wildman–Crippen LogP) is 2.08. The van der Waals surface area contributed by atoms with Crippen LogP contribution < -0.4 is 0 Å². The maximum absolute atomic E-state index is 8.78. The molecule has 1 aliphatic rings. The minimum Gasteiger partial charge on any atom is -0.301 e. The lowest BCUT2D eigenvalue weighted by Crippen LogP contribution is -2.50. The molecule has 1 aromatic rings. The molecule has 1 heterocycles. The first kappa shape index (κ1) is 13.1. The van der Waals surface area contributed by atoms with Gasteiger partial charge in [0.25, 0.3) is 0 Å². The summed E-state index contributed by atoms with van der Waals surface area (Å²) in [6.45, 7) is 6.68. The van der Waals surface area contributed by atoms with Gasteiger partial charge >= 0.3 is 0 Å². The minimum absolute atomic E-state index is 0.678. The zero-order chi connectivity index (χ0) is 13.0. The van der Waals surface area contributed by atoms with Crippen LogP contribution in [0.15, 0.2) is 24.3 Å². The number of hydrogen-bond donors (Lipinski definition) is 0. The summed E-state index contributed by atoms with van der Waals surface area (Å²) in [5, 5.41) is 8.78. The number of nitrogens with zero attached hydrogens (tertiary/aromatic N) is 3. The van der Waals surface area contributed by atoms with E-state index in [1.54, 1.807) is 0 Å². The molecule has 0 aliphatic carbocycles. The van der Waals surface area contributed by atoms with Crippen LogP contribution in [0.1, 0.15) is 24.5 Å². The quantitative estimate of drug-likeness (QED) is 0.814. The zero-order valence-corrected chi connectivity index (χ0v) is 11.3. The Kier molecular flexibility index (Phi) is 4.35. The van der Waals surface area contributed by atoms with Crippen molar-refractivity contribution < 1.29 is 0 Å².